The van der Waals surface area contributed by atoms with Gasteiger partial charge in [-0.05, 0) is 13.8 Å². The molecular weight excluding hydrogens is 284 g/mol. The summed E-state index contributed by atoms with van der Waals surface area (Å²) in [5, 5.41) is 30.9. The fraction of sp³-hybridized carbons (Fsp3) is 0.235. The Morgan fingerprint density at radius 1 is 1.05 bits per heavy atom. The van der Waals surface area contributed by atoms with Gasteiger partial charge >= 0.3 is 0 Å². The van der Waals surface area contributed by atoms with Gasteiger partial charge in [0.05, 0.1) is 6.42 Å². The maximum atomic E-state index is 12.4. The Balaban J connectivity index is 2.20. The van der Waals surface area contributed by atoms with E-state index in [1.165, 1.54) is 6.92 Å². The molecule has 3 rings (SSSR count). The predicted molar refractivity (Wildman–Crippen MR) is 79.2 cm³/mol. The number of aliphatic hydroxyl groups is 1. The van der Waals surface area contributed by atoms with Gasteiger partial charge in [0.2, 0.25) is 5.79 Å². The molecule has 0 fully saturated rings. The van der Waals surface area contributed by atoms with Crippen molar-refractivity contribution < 1.29 is 24.9 Å². The van der Waals surface area contributed by atoms with E-state index in [0.717, 1.165) is 0 Å². The third kappa shape index (κ3) is 1.94. The summed E-state index contributed by atoms with van der Waals surface area (Å²) in [6, 6.07) is 8.56. The Morgan fingerprint density at radius 2 is 1.68 bits per heavy atom. The quantitative estimate of drug-likeness (QED) is 0.753. The SMILES string of the molecule is Cc1c(O)c(C)c2c(c1O)C(=O)CC(O)(c1ccccc1)O2. The molecule has 0 aliphatic carbocycles. The molecule has 0 radical (unpaired) electrons. The third-order valence-electron chi connectivity index (χ3n) is 4.04. The second-order valence-electron chi connectivity index (χ2n) is 5.50. The number of carbonyl (C=O) groups excluding carboxylic acids is 1. The maximum absolute atomic E-state index is 12.4. The van der Waals surface area contributed by atoms with Crippen molar-refractivity contribution in [2.24, 2.45) is 0 Å². The Labute approximate surface area is 127 Å². The molecule has 2 aromatic rings. The number of phenolic OH excluding ortho intramolecular Hbond substituents is 2. The number of aromatic hydroxyl groups is 2. The summed E-state index contributed by atoms with van der Waals surface area (Å²) in [4.78, 5) is 12.4. The lowest BCUT2D eigenvalue weighted by Crippen LogP contribution is -2.39. The molecule has 0 spiro atoms. The molecule has 2 aromatic carbocycles. The number of ketones is 1. The van der Waals surface area contributed by atoms with Crippen LogP contribution in [0.2, 0.25) is 0 Å². The van der Waals surface area contributed by atoms with Crippen LogP contribution >= 0.6 is 0 Å². The molecule has 0 aromatic heterocycles. The summed E-state index contributed by atoms with van der Waals surface area (Å²) in [5.41, 5.74) is 0.979. The van der Waals surface area contributed by atoms with Crippen molar-refractivity contribution in [3.05, 3.63) is 52.6 Å². The first-order valence-corrected chi connectivity index (χ1v) is 6.90. The molecule has 22 heavy (non-hydrogen) atoms. The standard InChI is InChI=1S/C17H16O5/c1-9-14(19)10(2)16-13(15(9)20)12(18)8-17(21,22-16)11-6-4-3-5-7-11/h3-7,19-21H,8H2,1-2H3. The lowest BCUT2D eigenvalue weighted by molar-refractivity contribution is -0.148. The molecule has 1 atom stereocenters. The van der Waals surface area contributed by atoms with Gasteiger partial charge in [-0.2, -0.15) is 0 Å². The van der Waals surface area contributed by atoms with Crippen LogP contribution in [-0.2, 0) is 5.79 Å². The zero-order chi connectivity index (χ0) is 16.1. The van der Waals surface area contributed by atoms with Crippen LogP contribution in [0.25, 0.3) is 0 Å². The monoisotopic (exact) mass is 300 g/mol. The number of rotatable bonds is 1. The molecule has 0 bridgehead atoms. The molecule has 1 aliphatic heterocycles. The molecule has 5 nitrogen and oxygen atoms in total. The normalized spacial score (nSPS) is 20.4. The van der Waals surface area contributed by atoms with E-state index in [2.05, 4.69) is 0 Å². The second-order valence-corrected chi connectivity index (χ2v) is 5.50. The average Bonchev–Trinajstić information content (AvgIpc) is 2.51. The van der Waals surface area contributed by atoms with E-state index in [9.17, 15) is 20.1 Å². The highest BCUT2D eigenvalue weighted by atomic mass is 16.6. The van der Waals surface area contributed by atoms with E-state index in [1.54, 1.807) is 37.3 Å². The van der Waals surface area contributed by atoms with Crippen LogP contribution in [0.5, 0.6) is 17.2 Å². The van der Waals surface area contributed by atoms with E-state index >= 15 is 0 Å². The van der Waals surface area contributed by atoms with Gasteiger partial charge in [0.15, 0.2) is 5.78 Å². The van der Waals surface area contributed by atoms with Crippen LogP contribution in [0.3, 0.4) is 0 Å². The number of hydrogen-bond acceptors (Lipinski definition) is 5. The number of hydrogen-bond donors (Lipinski definition) is 3. The average molecular weight is 300 g/mol. The van der Waals surface area contributed by atoms with Crippen molar-refractivity contribution in [3.63, 3.8) is 0 Å². The topological polar surface area (TPSA) is 87.0 Å². The Morgan fingerprint density at radius 3 is 2.32 bits per heavy atom. The van der Waals surface area contributed by atoms with E-state index in [4.69, 9.17) is 4.74 Å². The summed E-state index contributed by atoms with van der Waals surface area (Å²) >= 11 is 0. The molecule has 1 aliphatic rings. The number of fused-ring (bicyclic) bond motifs is 1. The highest BCUT2D eigenvalue weighted by Crippen LogP contribution is 2.48. The van der Waals surface area contributed by atoms with Gasteiger partial charge in [-0.15, -0.1) is 0 Å². The molecule has 3 N–H and O–H groups in total. The highest BCUT2D eigenvalue weighted by Gasteiger charge is 2.43. The van der Waals surface area contributed by atoms with Crippen LogP contribution in [0.15, 0.2) is 30.3 Å². The predicted octanol–water partition coefficient (Wildman–Crippen LogP) is 2.53. The Bertz CT molecular complexity index is 767. The van der Waals surface area contributed by atoms with E-state index < -0.39 is 11.6 Å². The zero-order valence-electron chi connectivity index (χ0n) is 12.3. The molecule has 5 heteroatoms. The van der Waals surface area contributed by atoms with Gasteiger partial charge in [-0.1, -0.05) is 30.3 Å². The number of benzene rings is 2. The van der Waals surface area contributed by atoms with Crippen LogP contribution in [0.4, 0.5) is 0 Å². The first-order chi connectivity index (χ1) is 10.3. The fourth-order valence-corrected chi connectivity index (χ4v) is 2.74. The van der Waals surface area contributed by atoms with Crippen LogP contribution in [0, 0.1) is 13.8 Å². The molecular formula is C17H16O5. The van der Waals surface area contributed by atoms with Crippen molar-refractivity contribution >= 4 is 5.78 Å². The van der Waals surface area contributed by atoms with Crippen molar-refractivity contribution in [2.75, 3.05) is 0 Å². The number of carbonyl (C=O) groups is 1. The minimum Gasteiger partial charge on any atom is -0.507 e. The summed E-state index contributed by atoms with van der Waals surface area (Å²) < 4.78 is 5.64. The minimum absolute atomic E-state index is 0.00778. The zero-order valence-corrected chi connectivity index (χ0v) is 12.3. The van der Waals surface area contributed by atoms with Crippen molar-refractivity contribution in [3.8, 4) is 17.2 Å². The molecule has 114 valence electrons. The van der Waals surface area contributed by atoms with E-state index in [1.807, 2.05) is 0 Å². The van der Waals surface area contributed by atoms with Gasteiger partial charge in [0, 0.05) is 16.7 Å². The van der Waals surface area contributed by atoms with Crippen LogP contribution in [0.1, 0.15) is 33.5 Å². The number of ether oxygens (including phenoxy) is 1. The van der Waals surface area contributed by atoms with Crippen LogP contribution in [-0.4, -0.2) is 21.1 Å². The Kier molecular flexibility index (Phi) is 3.11. The molecule has 0 amide bonds. The maximum Gasteiger partial charge on any atom is 0.242 e. The van der Waals surface area contributed by atoms with Gasteiger partial charge in [-0.3, -0.25) is 4.79 Å². The lowest BCUT2D eigenvalue weighted by Gasteiger charge is -2.35. The molecule has 0 saturated heterocycles. The summed E-state index contributed by atoms with van der Waals surface area (Å²) in [7, 11) is 0. The van der Waals surface area contributed by atoms with Crippen molar-refractivity contribution in [1.82, 2.24) is 0 Å². The van der Waals surface area contributed by atoms with Crippen molar-refractivity contribution in [2.45, 2.75) is 26.1 Å². The van der Waals surface area contributed by atoms with E-state index in [0.29, 0.717) is 11.1 Å². The number of Topliss-reactive ketones (excluding diaryl/α,β-unsaturated/α-hetero) is 1. The highest BCUT2D eigenvalue weighted by molar-refractivity contribution is 6.04. The summed E-state index contributed by atoms with van der Waals surface area (Å²) in [5.74, 6) is -2.69. The molecule has 1 unspecified atom stereocenters. The second kappa shape index (κ2) is 4.74. The Hall–Kier alpha value is -2.53. The van der Waals surface area contributed by atoms with Crippen molar-refractivity contribution in [1.29, 1.82) is 0 Å². The van der Waals surface area contributed by atoms with Crippen LogP contribution < -0.4 is 4.74 Å². The third-order valence-corrected chi connectivity index (χ3v) is 4.04. The molecule has 1 heterocycles. The molecule has 0 saturated carbocycles. The number of phenols is 2. The first kappa shape index (κ1) is 14.4. The minimum atomic E-state index is -1.82. The van der Waals surface area contributed by atoms with E-state index in [-0.39, 0.29) is 34.8 Å². The summed E-state index contributed by atoms with van der Waals surface area (Å²) in [6.45, 7) is 3.09. The fourth-order valence-electron chi connectivity index (χ4n) is 2.74. The van der Waals surface area contributed by atoms with Gasteiger partial charge in [0.25, 0.3) is 0 Å². The largest absolute Gasteiger partial charge is 0.507 e. The summed E-state index contributed by atoms with van der Waals surface area (Å²) in [6.07, 6.45) is -0.304. The van der Waals surface area contributed by atoms with Gasteiger partial charge in [-0.25, -0.2) is 0 Å². The van der Waals surface area contributed by atoms with Gasteiger partial charge < -0.3 is 20.1 Å². The van der Waals surface area contributed by atoms with Gasteiger partial charge in [0.1, 0.15) is 22.8 Å². The smallest absolute Gasteiger partial charge is 0.242 e. The lowest BCUT2D eigenvalue weighted by atomic mass is 9.90. The first-order valence-electron chi connectivity index (χ1n) is 6.90.